The molecule has 2 nitrogen and oxygen atoms in total. The van der Waals surface area contributed by atoms with E-state index >= 15 is 0 Å². The topological polar surface area (TPSA) is 37.3 Å². The third-order valence-electron chi connectivity index (χ3n) is 3.27. The molecule has 0 aromatic heterocycles. The van der Waals surface area contributed by atoms with Gasteiger partial charge in [-0.25, -0.2) is 13.6 Å². The summed E-state index contributed by atoms with van der Waals surface area (Å²) in [5.41, 5.74) is -0.409. The van der Waals surface area contributed by atoms with Crippen LogP contribution < -0.4 is 0 Å². The van der Waals surface area contributed by atoms with E-state index in [0.717, 1.165) is 6.92 Å². The Hall–Kier alpha value is -1.45. The Morgan fingerprint density at radius 3 is 2.12 bits per heavy atom. The molecule has 1 aromatic rings. The van der Waals surface area contributed by atoms with E-state index in [4.69, 9.17) is 5.11 Å². The van der Waals surface area contributed by atoms with E-state index in [1.165, 1.54) is 24.3 Å². The second-order valence-corrected chi connectivity index (χ2v) is 4.35. The van der Waals surface area contributed by atoms with Crippen molar-refractivity contribution in [1.29, 1.82) is 0 Å². The van der Waals surface area contributed by atoms with Gasteiger partial charge >= 0.3 is 5.97 Å². The first kappa shape index (κ1) is 11.0. The van der Waals surface area contributed by atoms with Gasteiger partial charge in [-0.1, -0.05) is 12.1 Å². The Morgan fingerprint density at radius 1 is 1.31 bits per heavy atom. The molecule has 1 fully saturated rings. The molecule has 0 amide bonds. The number of hydrogen-bond acceptors (Lipinski definition) is 1. The lowest BCUT2D eigenvalue weighted by molar-refractivity contribution is -0.0199. The third-order valence-corrected chi connectivity index (χ3v) is 3.27. The van der Waals surface area contributed by atoms with Gasteiger partial charge in [0, 0.05) is 6.92 Å². The fraction of sp³-hybridized carbons (Fsp3) is 0.417. The van der Waals surface area contributed by atoms with Gasteiger partial charge in [0.2, 0.25) is 0 Å². The van der Waals surface area contributed by atoms with Gasteiger partial charge in [-0.2, -0.15) is 0 Å². The number of rotatable bonds is 3. The standard InChI is InChI=1S/C12H12F2O2/c1-11(13,14)12(6-7-12)9-4-2-8(3-5-9)10(15)16/h2-5H,6-7H2,1H3,(H,15,16). The van der Waals surface area contributed by atoms with Gasteiger partial charge in [0.1, 0.15) is 0 Å². The molecular weight excluding hydrogens is 214 g/mol. The zero-order valence-electron chi connectivity index (χ0n) is 8.84. The van der Waals surface area contributed by atoms with Crippen LogP contribution in [0.1, 0.15) is 35.7 Å². The lowest BCUT2D eigenvalue weighted by Crippen LogP contribution is -2.30. The van der Waals surface area contributed by atoms with Crippen molar-refractivity contribution in [1.82, 2.24) is 0 Å². The first-order valence-electron chi connectivity index (χ1n) is 5.08. The van der Waals surface area contributed by atoms with E-state index in [2.05, 4.69) is 0 Å². The smallest absolute Gasteiger partial charge is 0.335 e. The quantitative estimate of drug-likeness (QED) is 0.859. The molecule has 0 aliphatic heterocycles. The summed E-state index contributed by atoms with van der Waals surface area (Å²) in [6.45, 7) is 0.922. The van der Waals surface area contributed by atoms with Crippen molar-refractivity contribution in [3.05, 3.63) is 35.4 Å². The minimum atomic E-state index is -2.75. The summed E-state index contributed by atoms with van der Waals surface area (Å²) in [5.74, 6) is -3.79. The minimum Gasteiger partial charge on any atom is -0.478 e. The van der Waals surface area contributed by atoms with Crippen molar-refractivity contribution in [2.24, 2.45) is 0 Å². The van der Waals surface area contributed by atoms with E-state index in [-0.39, 0.29) is 5.56 Å². The number of alkyl halides is 2. The number of hydrogen-bond donors (Lipinski definition) is 1. The van der Waals surface area contributed by atoms with Crippen LogP contribution in [0.4, 0.5) is 8.78 Å². The Kier molecular flexibility index (Phi) is 2.26. The highest BCUT2D eigenvalue weighted by atomic mass is 19.3. The Balaban J connectivity index is 2.33. The van der Waals surface area contributed by atoms with Crippen LogP contribution >= 0.6 is 0 Å². The molecule has 0 spiro atoms. The number of aromatic carboxylic acids is 1. The average molecular weight is 226 g/mol. The Bertz CT molecular complexity index is 414. The first-order chi connectivity index (χ1) is 7.37. The van der Waals surface area contributed by atoms with Crippen LogP contribution in [0.5, 0.6) is 0 Å². The highest BCUT2D eigenvalue weighted by molar-refractivity contribution is 5.87. The predicted octanol–water partition coefficient (Wildman–Crippen LogP) is 3.07. The largest absolute Gasteiger partial charge is 0.478 e. The van der Waals surface area contributed by atoms with Gasteiger partial charge in [0.05, 0.1) is 11.0 Å². The van der Waals surface area contributed by atoms with Crippen LogP contribution in [-0.2, 0) is 5.41 Å². The third kappa shape index (κ3) is 1.58. The van der Waals surface area contributed by atoms with Crippen LogP contribution in [0, 0.1) is 0 Å². The first-order valence-corrected chi connectivity index (χ1v) is 5.08. The van der Waals surface area contributed by atoms with Crippen LogP contribution in [-0.4, -0.2) is 17.0 Å². The summed E-state index contributed by atoms with van der Waals surface area (Å²) in [7, 11) is 0. The molecule has 0 radical (unpaired) electrons. The maximum absolute atomic E-state index is 13.4. The van der Waals surface area contributed by atoms with Crippen molar-refractivity contribution in [3.8, 4) is 0 Å². The molecule has 0 saturated heterocycles. The second-order valence-electron chi connectivity index (χ2n) is 4.35. The number of benzene rings is 1. The summed E-state index contributed by atoms with van der Waals surface area (Å²) in [5, 5.41) is 8.71. The molecule has 2 rings (SSSR count). The zero-order valence-corrected chi connectivity index (χ0v) is 8.84. The number of halogens is 2. The van der Waals surface area contributed by atoms with Crippen molar-refractivity contribution in [2.75, 3.05) is 0 Å². The minimum absolute atomic E-state index is 0.124. The summed E-state index contributed by atoms with van der Waals surface area (Å²) in [6.07, 6.45) is 0.922. The van der Waals surface area contributed by atoms with E-state index in [1.807, 2.05) is 0 Å². The fourth-order valence-electron chi connectivity index (χ4n) is 2.04. The van der Waals surface area contributed by atoms with Gasteiger partial charge < -0.3 is 5.11 Å². The van der Waals surface area contributed by atoms with Gasteiger partial charge in [0.15, 0.2) is 0 Å². The van der Waals surface area contributed by atoms with Crippen molar-refractivity contribution in [3.63, 3.8) is 0 Å². The van der Waals surface area contributed by atoms with E-state index in [1.54, 1.807) is 0 Å². The highest BCUT2D eigenvalue weighted by Gasteiger charge is 2.59. The van der Waals surface area contributed by atoms with Gasteiger partial charge in [0.25, 0.3) is 5.92 Å². The van der Waals surface area contributed by atoms with E-state index in [9.17, 15) is 13.6 Å². The van der Waals surface area contributed by atoms with Crippen molar-refractivity contribution >= 4 is 5.97 Å². The van der Waals surface area contributed by atoms with Gasteiger partial charge in [-0.3, -0.25) is 0 Å². The zero-order chi connectivity index (χ0) is 12.0. The maximum Gasteiger partial charge on any atom is 0.335 e. The van der Waals surface area contributed by atoms with Crippen molar-refractivity contribution < 1.29 is 18.7 Å². The molecule has 0 bridgehead atoms. The molecule has 1 saturated carbocycles. The molecule has 1 aliphatic rings. The monoisotopic (exact) mass is 226 g/mol. The normalized spacial score (nSPS) is 18.2. The molecule has 1 N–H and O–H groups in total. The molecule has 0 atom stereocenters. The molecule has 86 valence electrons. The summed E-state index contributed by atoms with van der Waals surface area (Å²) < 4.78 is 26.8. The average Bonchev–Trinajstić information content (AvgIpc) is 2.97. The van der Waals surface area contributed by atoms with Crippen LogP contribution in [0.15, 0.2) is 24.3 Å². The Labute approximate surface area is 91.9 Å². The van der Waals surface area contributed by atoms with Gasteiger partial charge in [-0.05, 0) is 30.5 Å². The summed E-state index contributed by atoms with van der Waals surface area (Å²) in [4.78, 5) is 10.6. The van der Waals surface area contributed by atoms with Gasteiger partial charge in [-0.15, -0.1) is 0 Å². The highest BCUT2D eigenvalue weighted by Crippen LogP contribution is 2.57. The van der Waals surface area contributed by atoms with E-state index in [0.29, 0.717) is 18.4 Å². The molecular formula is C12H12F2O2. The predicted molar refractivity (Wildman–Crippen MR) is 54.9 cm³/mol. The summed E-state index contributed by atoms with van der Waals surface area (Å²) >= 11 is 0. The van der Waals surface area contributed by atoms with Crippen LogP contribution in [0.25, 0.3) is 0 Å². The molecule has 4 heteroatoms. The maximum atomic E-state index is 13.4. The van der Waals surface area contributed by atoms with E-state index < -0.39 is 17.3 Å². The van der Waals surface area contributed by atoms with Crippen molar-refractivity contribution in [2.45, 2.75) is 31.1 Å². The lowest BCUT2D eigenvalue weighted by Gasteiger charge is -2.23. The molecule has 0 heterocycles. The molecule has 0 unspecified atom stereocenters. The van der Waals surface area contributed by atoms with Crippen LogP contribution in [0.2, 0.25) is 0 Å². The number of carboxylic acids is 1. The SMILES string of the molecule is CC(F)(F)C1(c2ccc(C(=O)O)cc2)CC1. The molecule has 16 heavy (non-hydrogen) atoms. The Morgan fingerprint density at radius 2 is 1.81 bits per heavy atom. The summed E-state index contributed by atoms with van der Waals surface area (Å²) in [6, 6.07) is 5.74. The number of carboxylic acid groups (broad SMARTS) is 1. The van der Waals surface area contributed by atoms with Crippen LogP contribution in [0.3, 0.4) is 0 Å². The second kappa shape index (κ2) is 3.27. The lowest BCUT2D eigenvalue weighted by atomic mass is 9.89. The number of carbonyl (C=O) groups is 1. The molecule has 1 aliphatic carbocycles. The molecule has 1 aromatic carbocycles. The fourth-order valence-corrected chi connectivity index (χ4v) is 2.04.